The van der Waals surface area contributed by atoms with Crippen LogP contribution in [0.1, 0.15) is 24.1 Å². The van der Waals surface area contributed by atoms with E-state index < -0.39 is 0 Å². The molecule has 21 heavy (non-hydrogen) atoms. The molecule has 3 aromatic rings. The van der Waals surface area contributed by atoms with Crippen molar-refractivity contribution in [1.82, 2.24) is 19.9 Å². The molecule has 0 aliphatic rings. The summed E-state index contributed by atoms with van der Waals surface area (Å²) in [6.45, 7) is 4.13. The Morgan fingerprint density at radius 2 is 2.10 bits per heavy atom. The van der Waals surface area contributed by atoms with Gasteiger partial charge in [-0.1, -0.05) is 17.7 Å². The highest BCUT2D eigenvalue weighted by Crippen LogP contribution is 2.29. The molecule has 0 saturated heterocycles. The number of aromatic amines is 1. The number of rotatable bonds is 4. The van der Waals surface area contributed by atoms with Gasteiger partial charge in [0.05, 0.1) is 19.5 Å². The molecule has 0 amide bonds. The van der Waals surface area contributed by atoms with Gasteiger partial charge in [0, 0.05) is 5.56 Å². The number of methoxy groups -OCH3 is 1. The lowest BCUT2D eigenvalue weighted by molar-refractivity contribution is 0.408. The SMILES string of the molecule is COc1ccc(C)cc1[C@@H](C)Nc1ncnc2nc[nH]c12. The van der Waals surface area contributed by atoms with Crippen molar-refractivity contribution >= 4 is 17.0 Å². The number of benzene rings is 1. The first-order valence-electron chi connectivity index (χ1n) is 6.74. The third kappa shape index (κ3) is 2.52. The fourth-order valence-corrected chi connectivity index (χ4v) is 2.35. The molecule has 0 radical (unpaired) electrons. The molecule has 2 heterocycles. The summed E-state index contributed by atoms with van der Waals surface area (Å²) in [5.41, 5.74) is 3.73. The number of H-pyrrole nitrogens is 1. The van der Waals surface area contributed by atoms with Crippen molar-refractivity contribution in [2.75, 3.05) is 12.4 Å². The van der Waals surface area contributed by atoms with E-state index in [0.29, 0.717) is 5.65 Å². The van der Waals surface area contributed by atoms with Gasteiger partial charge in [0.1, 0.15) is 17.6 Å². The highest BCUT2D eigenvalue weighted by molar-refractivity contribution is 5.82. The summed E-state index contributed by atoms with van der Waals surface area (Å²) in [4.78, 5) is 15.6. The predicted molar refractivity (Wildman–Crippen MR) is 81.5 cm³/mol. The fraction of sp³-hybridized carbons (Fsp3) is 0.267. The Morgan fingerprint density at radius 3 is 2.90 bits per heavy atom. The molecule has 0 fully saturated rings. The molecule has 3 rings (SSSR count). The first-order chi connectivity index (χ1) is 10.2. The van der Waals surface area contributed by atoms with E-state index in [1.807, 2.05) is 12.1 Å². The van der Waals surface area contributed by atoms with E-state index in [4.69, 9.17) is 4.74 Å². The highest BCUT2D eigenvalue weighted by atomic mass is 16.5. The maximum absolute atomic E-state index is 5.44. The average Bonchev–Trinajstić information content (AvgIpc) is 2.96. The van der Waals surface area contributed by atoms with Crippen LogP contribution >= 0.6 is 0 Å². The van der Waals surface area contributed by atoms with Crippen LogP contribution in [0.15, 0.2) is 30.9 Å². The molecule has 6 heteroatoms. The molecule has 0 spiro atoms. The molecule has 6 nitrogen and oxygen atoms in total. The van der Waals surface area contributed by atoms with E-state index in [9.17, 15) is 0 Å². The minimum Gasteiger partial charge on any atom is -0.496 e. The van der Waals surface area contributed by atoms with Crippen molar-refractivity contribution in [2.45, 2.75) is 19.9 Å². The van der Waals surface area contributed by atoms with Gasteiger partial charge in [0.15, 0.2) is 11.5 Å². The summed E-state index contributed by atoms with van der Waals surface area (Å²) in [7, 11) is 1.68. The summed E-state index contributed by atoms with van der Waals surface area (Å²) >= 11 is 0. The number of anilines is 1. The Hall–Kier alpha value is -2.63. The summed E-state index contributed by atoms with van der Waals surface area (Å²) in [6.07, 6.45) is 3.12. The number of imidazole rings is 1. The van der Waals surface area contributed by atoms with Crippen molar-refractivity contribution < 1.29 is 4.74 Å². The summed E-state index contributed by atoms with van der Waals surface area (Å²) in [5.74, 6) is 1.59. The normalized spacial score (nSPS) is 12.3. The van der Waals surface area contributed by atoms with Crippen LogP contribution in [0.5, 0.6) is 5.75 Å². The smallest absolute Gasteiger partial charge is 0.182 e. The van der Waals surface area contributed by atoms with Crippen molar-refractivity contribution in [3.63, 3.8) is 0 Å². The molecule has 2 aromatic heterocycles. The monoisotopic (exact) mass is 283 g/mol. The zero-order chi connectivity index (χ0) is 14.8. The van der Waals surface area contributed by atoms with Crippen molar-refractivity contribution in [1.29, 1.82) is 0 Å². The topological polar surface area (TPSA) is 75.7 Å². The number of hydrogen-bond acceptors (Lipinski definition) is 5. The molecule has 2 N–H and O–H groups in total. The largest absolute Gasteiger partial charge is 0.496 e. The molecule has 0 aliphatic carbocycles. The Morgan fingerprint density at radius 1 is 1.24 bits per heavy atom. The maximum atomic E-state index is 5.44. The summed E-state index contributed by atoms with van der Waals surface area (Å²) < 4.78 is 5.44. The minimum atomic E-state index is 0.0428. The number of aromatic nitrogens is 4. The number of ether oxygens (including phenoxy) is 1. The standard InChI is InChI=1S/C15H17N5O/c1-9-4-5-12(21-3)11(6-9)10(2)20-15-13-14(17-7-16-13)18-8-19-15/h4-8,10H,1-3H3,(H2,16,17,18,19,20)/t10-/m1/s1. The fourth-order valence-electron chi connectivity index (χ4n) is 2.35. The van der Waals surface area contributed by atoms with E-state index in [1.165, 1.54) is 11.9 Å². The van der Waals surface area contributed by atoms with Gasteiger partial charge in [-0.2, -0.15) is 0 Å². The molecule has 108 valence electrons. The van der Waals surface area contributed by atoms with Gasteiger partial charge < -0.3 is 15.0 Å². The number of nitrogens with one attached hydrogen (secondary N) is 2. The first kappa shape index (κ1) is 13.4. The van der Waals surface area contributed by atoms with Crippen LogP contribution in [0.3, 0.4) is 0 Å². The second kappa shape index (κ2) is 5.40. The van der Waals surface area contributed by atoms with Gasteiger partial charge in [0.2, 0.25) is 0 Å². The van der Waals surface area contributed by atoms with E-state index in [-0.39, 0.29) is 6.04 Å². The molecular weight excluding hydrogens is 266 g/mol. The van der Waals surface area contributed by atoms with Gasteiger partial charge in [-0.05, 0) is 19.9 Å². The van der Waals surface area contributed by atoms with Crippen LogP contribution in [0, 0.1) is 6.92 Å². The maximum Gasteiger partial charge on any atom is 0.182 e. The number of nitrogens with zero attached hydrogens (tertiary/aromatic N) is 3. The van der Waals surface area contributed by atoms with Crippen LogP contribution in [0.4, 0.5) is 5.82 Å². The molecule has 0 saturated carbocycles. The lowest BCUT2D eigenvalue weighted by Crippen LogP contribution is -2.10. The highest BCUT2D eigenvalue weighted by Gasteiger charge is 2.14. The van der Waals surface area contributed by atoms with Gasteiger partial charge in [-0.25, -0.2) is 15.0 Å². The van der Waals surface area contributed by atoms with Crippen LogP contribution in [-0.4, -0.2) is 27.0 Å². The molecule has 0 aliphatic heterocycles. The van der Waals surface area contributed by atoms with Gasteiger partial charge >= 0.3 is 0 Å². The lowest BCUT2D eigenvalue weighted by Gasteiger charge is -2.18. The van der Waals surface area contributed by atoms with E-state index >= 15 is 0 Å². The zero-order valence-electron chi connectivity index (χ0n) is 12.2. The molecule has 0 bridgehead atoms. The van der Waals surface area contributed by atoms with Crippen LogP contribution in [0.2, 0.25) is 0 Å². The second-order valence-corrected chi connectivity index (χ2v) is 4.93. The second-order valence-electron chi connectivity index (χ2n) is 4.93. The van der Waals surface area contributed by atoms with Crippen LogP contribution in [0.25, 0.3) is 11.2 Å². The van der Waals surface area contributed by atoms with E-state index in [1.54, 1.807) is 13.4 Å². The molecule has 0 unspecified atom stereocenters. The van der Waals surface area contributed by atoms with Gasteiger partial charge in [-0.15, -0.1) is 0 Å². The lowest BCUT2D eigenvalue weighted by atomic mass is 10.0. The summed E-state index contributed by atoms with van der Waals surface area (Å²) in [6, 6.07) is 6.17. The van der Waals surface area contributed by atoms with Crippen LogP contribution in [-0.2, 0) is 0 Å². The molecule has 1 atom stereocenters. The average molecular weight is 283 g/mol. The third-order valence-corrected chi connectivity index (χ3v) is 3.43. The molecular formula is C15H17N5O. The summed E-state index contributed by atoms with van der Waals surface area (Å²) in [5, 5.41) is 3.39. The number of hydrogen-bond donors (Lipinski definition) is 2. The van der Waals surface area contributed by atoms with Gasteiger partial charge in [0.25, 0.3) is 0 Å². The predicted octanol–water partition coefficient (Wildman–Crippen LogP) is 2.84. The number of aryl methyl sites for hydroxylation is 1. The van der Waals surface area contributed by atoms with Crippen molar-refractivity contribution in [3.05, 3.63) is 42.0 Å². The Balaban J connectivity index is 1.94. The van der Waals surface area contributed by atoms with E-state index in [2.05, 4.69) is 45.2 Å². The molecule has 1 aromatic carbocycles. The Bertz CT molecular complexity index is 768. The Kier molecular flexibility index (Phi) is 3.43. The van der Waals surface area contributed by atoms with E-state index in [0.717, 1.165) is 22.6 Å². The number of fused-ring (bicyclic) bond motifs is 1. The quantitative estimate of drug-likeness (QED) is 0.770. The van der Waals surface area contributed by atoms with Crippen LogP contribution < -0.4 is 10.1 Å². The van der Waals surface area contributed by atoms with Crippen molar-refractivity contribution in [3.8, 4) is 5.75 Å². The van der Waals surface area contributed by atoms with Crippen molar-refractivity contribution in [2.24, 2.45) is 0 Å². The Labute approximate surface area is 122 Å². The minimum absolute atomic E-state index is 0.0428. The van der Waals surface area contributed by atoms with Gasteiger partial charge in [-0.3, -0.25) is 0 Å². The zero-order valence-corrected chi connectivity index (χ0v) is 12.2. The first-order valence-corrected chi connectivity index (χ1v) is 6.74. The third-order valence-electron chi connectivity index (χ3n) is 3.43.